The van der Waals surface area contributed by atoms with Crippen LogP contribution in [-0.4, -0.2) is 37.4 Å². The van der Waals surface area contributed by atoms with Crippen LogP contribution in [0.5, 0.6) is 0 Å². The van der Waals surface area contributed by atoms with Gasteiger partial charge in [0.2, 0.25) is 0 Å². The molecule has 10 heteroatoms. The summed E-state index contributed by atoms with van der Waals surface area (Å²) in [4.78, 5) is 17.1. The number of benzene rings is 2. The van der Waals surface area contributed by atoms with Crippen molar-refractivity contribution in [2.45, 2.75) is 43.9 Å². The van der Waals surface area contributed by atoms with Crippen LogP contribution in [0.4, 0.5) is 8.78 Å². The van der Waals surface area contributed by atoms with Gasteiger partial charge in [0.25, 0.3) is 5.91 Å². The Labute approximate surface area is 189 Å². The molecule has 0 unspecified atom stereocenters. The number of aromatic nitrogens is 1. The minimum absolute atomic E-state index is 0.0570. The molecule has 0 saturated heterocycles. The molecule has 0 saturated carbocycles. The average Bonchev–Trinajstić information content (AvgIpc) is 3.05. The second-order valence-corrected chi connectivity index (χ2v) is 10.9. The number of amides is 1. The monoisotopic (exact) mass is 482 g/mol. The lowest BCUT2D eigenvalue weighted by Crippen LogP contribution is -2.20. The summed E-state index contributed by atoms with van der Waals surface area (Å²) in [6.07, 6.45) is -0.0570. The lowest BCUT2D eigenvalue weighted by atomic mass is 10.1. The van der Waals surface area contributed by atoms with Crippen LogP contribution in [-0.2, 0) is 32.3 Å². The van der Waals surface area contributed by atoms with E-state index in [4.69, 9.17) is 4.74 Å². The molecule has 0 atom stereocenters. The Hall–Kier alpha value is -2.43. The van der Waals surface area contributed by atoms with E-state index in [-0.39, 0.29) is 34.8 Å². The predicted molar refractivity (Wildman–Crippen MR) is 119 cm³/mol. The molecular weight excluding hydrogens is 458 g/mol. The van der Waals surface area contributed by atoms with E-state index in [1.165, 1.54) is 22.8 Å². The van der Waals surface area contributed by atoms with Crippen LogP contribution >= 0.6 is 11.3 Å². The highest BCUT2D eigenvalue weighted by molar-refractivity contribution is 7.92. The Kier molecular flexibility index (Phi) is 7.58. The van der Waals surface area contributed by atoms with Crippen LogP contribution in [0.25, 0.3) is 10.2 Å². The van der Waals surface area contributed by atoms with Crippen molar-refractivity contribution in [1.82, 2.24) is 4.57 Å². The molecule has 1 amide bonds. The third-order valence-corrected chi connectivity index (χ3v) is 8.00. The molecule has 172 valence electrons. The normalized spacial score (nSPS) is 12.8. The zero-order valence-corrected chi connectivity index (χ0v) is 19.6. The number of sulfone groups is 1. The fraction of sp³-hybridized carbons (Fsp3) is 0.364. The number of rotatable bonds is 8. The van der Waals surface area contributed by atoms with E-state index in [0.29, 0.717) is 16.9 Å². The number of carbonyl (C=O) groups is 1. The van der Waals surface area contributed by atoms with Crippen molar-refractivity contribution in [1.29, 1.82) is 0 Å². The molecule has 1 heterocycles. The fourth-order valence-corrected chi connectivity index (χ4v) is 5.28. The SMILES string of the molecule is CCOCCn1c(=NC(=O)Cc2ccc(S(=O)(=O)C(C)C)cc2)sc2cc(F)cc(F)c21. The molecule has 0 aliphatic heterocycles. The third-order valence-electron chi connectivity index (χ3n) is 4.81. The molecule has 32 heavy (non-hydrogen) atoms. The Bertz CT molecular complexity index is 1290. The summed E-state index contributed by atoms with van der Waals surface area (Å²) in [7, 11) is -3.40. The minimum Gasteiger partial charge on any atom is -0.380 e. The lowest BCUT2D eigenvalue weighted by molar-refractivity contribution is -0.117. The molecule has 1 aromatic heterocycles. The van der Waals surface area contributed by atoms with Gasteiger partial charge in [0, 0.05) is 19.2 Å². The summed E-state index contributed by atoms with van der Waals surface area (Å²) in [5.74, 6) is -1.92. The standard InChI is InChI=1S/C22H24F2N2O4S2/c1-4-30-10-9-26-21-18(24)12-16(23)13-19(21)31-22(26)25-20(27)11-15-5-7-17(8-6-15)32(28,29)14(2)3/h5-8,12-14H,4,9-11H2,1-3H3. The maximum absolute atomic E-state index is 14.4. The van der Waals surface area contributed by atoms with Crippen molar-refractivity contribution in [2.24, 2.45) is 4.99 Å². The first kappa shape index (κ1) is 24.2. The molecule has 6 nitrogen and oxygen atoms in total. The predicted octanol–water partition coefficient (Wildman–Crippen LogP) is 3.87. The summed E-state index contributed by atoms with van der Waals surface area (Å²) in [5, 5.41) is -0.546. The highest BCUT2D eigenvalue weighted by atomic mass is 32.2. The Morgan fingerprint density at radius 1 is 1.19 bits per heavy atom. The van der Waals surface area contributed by atoms with Crippen LogP contribution in [0.1, 0.15) is 26.3 Å². The van der Waals surface area contributed by atoms with Crippen LogP contribution in [0, 0.1) is 11.6 Å². The minimum atomic E-state index is -3.40. The van der Waals surface area contributed by atoms with Gasteiger partial charge >= 0.3 is 0 Å². The van der Waals surface area contributed by atoms with Crippen LogP contribution < -0.4 is 4.80 Å². The smallest absolute Gasteiger partial charge is 0.252 e. The molecule has 0 N–H and O–H groups in total. The molecule has 3 rings (SSSR count). The maximum atomic E-state index is 14.4. The number of thiazole rings is 1. The molecule has 0 aliphatic carbocycles. The number of fused-ring (bicyclic) bond motifs is 1. The Balaban J connectivity index is 1.92. The zero-order chi connectivity index (χ0) is 23.5. The van der Waals surface area contributed by atoms with Crippen LogP contribution in [0.3, 0.4) is 0 Å². The van der Waals surface area contributed by atoms with Gasteiger partial charge in [0.1, 0.15) is 5.82 Å². The zero-order valence-electron chi connectivity index (χ0n) is 18.0. The molecule has 0 bridgehead atoms. The number of carbonyl (C=O) groups excluding carboxylic acids is 1. The van der Waals surface area contributed by atoms with Gasteiger partial charge in [-0.25, -0.2) is 17.2 Å². The second kappa shape index (κ2) is 10.0. The van der Waals surface area contributed by atoms with Crippen molar-refractivity contribution < 1.29 is 26.7 Å². The first-order valence-electron chi connectivity index (χ1n) is 10.1. The van der Waals surface area contributed by atoms with Gasteiger partial charge in [0.15, 0.2) is 20.5 Å². The summed E-state index contributed by atoms with van der Waals surface area (Å²) < 4.78 is 59.8. The number of ether oxygens (including phenoxy) is 1. The van der Waals surface area contributed by atoms with Crippen molar-refractivity contribution in [3.05, 3.63) is 58.4 Å². The highest BCUT2D eigenvalue weighted by Gasteiger charge is 2.19. The lowest BCUT2D eigenvalue weighted by Gasteiger charge is -2.08. The average molecular weight is 483 g/mol. The highest BCUT2D eigenvalue weighted by Crippen LogP contribution is 2.22. The Morgan fingerprint density at radius 3 is 2.50 bits per heavy atom. The summed E-state index contributed by atoms with van der Waals surface area (Å²) in [6, 6.07) is 8.09. The molecular formula is C22H24F2N2O4S2. The molecule has 0 fully saturated rings. The van der Waals surface area contributed by atoms with E-state index < -0.39 is 32.6 Å². The number of nitrogens with zero attached hydrogens (tertiary/aromatic N) is 2. The van der Waals surface area contributed by atoms with Gasteiger partial charge in [0.05, 0.1) is 33.4 Å². The second-order valence-electron chi connectivity index (χ2n) is 7.39. The number of halogens is 2. The summed E-state index contributed by atoms with van der Waals surface area (Å²) in [5.41, 5.74) is 0.770. The number of hydrogen-bond acceptors (Lipinski definition) is 5. The van der Waals surface area contributed by atoms with Gasteiger partial charge < -0.3 is 9.30 Å². The number of hydrogen-bond donors (Lipinski definition) is 0. The fourth-order valence-electron chi connectivity index (χ4n) is 3.11. The van der Waals surface area contributed by atoms with Crippen molar-refractivity contribution >= 4 is 37.3 Å². The van der Waals surface area contributed by atoms with Gasteiger partial charge in [-0.1, -0.05) is 23.5 Å². The summed E-state index contributed by atoms with van der Waals surface area (Å²) >= 11 is 1.02. The molecule has 0 aliphatic rings. The van der Waals surface area contributed by atoms with E-state index in [0.717, 1.165) is 17.4 Å². The quantitative estimate of drug-likeness (QED) is 0.457. The van der Waals surface area contributed by atoms with Crippen LogP contribution in [0.2, 0.25) is 0 Å². The van der Waals surface area contributed by atoms with E-state index in [2.05, 4.69) is 4.99 Å². The van der Waals surface area contributed by atoms with E-state index in [9.17, 15) is 22.0 Å². The van der Waals surface area contributed by atoms with E-state index in [1.54, 1.807) is 26.0 Å². The maximum Gasteiger partial charge on any atom is 0.252 e. The van der Waals surface area contributed by atoms with Crippen molar-refractivity contribution in [3.63, 3.8) is 0 Å². The van der Waals surface area contributed by atoms with Gasteiger partial charge in [-0.05, 0) is 44.5 Å². The molecule has 0 spiro atoms. The van der Waals surface area contributed by atoms with Gasteiger partial charge in [-0.3, -0.25) is 4.79 Å². The van der Waals surface area contributed by atoms with Gasteiger partial charge in [-0.15, -0.1) is 0 Å². The van der Waals surface area contributed by atoms with Crippen LogP contribution in [0.15, 0.2) is 46.3 Å². The Morgan fingerprint density at radius 2 is 1.88 bits per heavy atom. The first-order valence-corrected chi connectivity index (χ1v) is 12.5. The molecule has 2 aromatic carbocycles. The van der Waals surface area contributed by atoms with Crippen molar-refractivity contribution in [3.8, 4) is 0 Å². The largest absolute Gasteiger partial charge is 0.380 e. The first-order chi connectivity index (χ1) is 15.1. The van der Waals surface area contributed by atoms with E-state index >= 15 is 0 Å². The van der Waals surface area contributed by atoms with Crippen molar-refractivity contribution in [2.75, 3.05) is 13.2 Å². The molecule has 0 radical (unpaired) electrons. The summed E-state index contributed by atoms with van der Waals surface area (Å²) in [6.45, 7) is 6.06. The van der Waals surface area contributed by atoms with Gasteiger partial charge in [-0.2, -0.15) is 4.99 Å². The van der Waals surface area contributed by atoms with E-state index in [1.807, 2.05) is 6.92 Å². The molecule has 3 aromatic rings. The topological polar surface area (TPSA) is 77.7 Å². The third kappa shape index (κ3) is 5.31.